The van der Waals surface area contributed by atoms with Crippen LogP contribution in [-0.2, 0) is 33.3 Å². The molecule has 88 heavy (non-hydrogen) atoms. The molecule has 0 fully saturated rings. The average molecular weight is 1240 g/mol. The lowest BCUT2D eigenvalue weighted by atomic mass is 10.0. The SMILES string of the molecule is CCCCCCC/C=C\C/C=C\CCCCCCCCCCCCCCCCCCCC(=O)OC(COC(=O)CCCCCCCCCCCCCCCCCCCCCCCCCCCCCCCCCCCC)COC(OCC[N+](C)(C)C)C(=O)[O-]. The third kappa shape index (κ3) is 71.2. The summed E-state index contributed by atoms with van der Waals surface area (Å²) in [5.41, 5.74) is 0. The Morgan fingerprint density at radius 2 is 0.614 bits per heavy atom. The Labute approximate surface area is 548 Å². The lowest BCUT2D eigenvalue weighted by molar-refractivity contribution is -0.870. The van der Waals surface area contributed by atoms with E-state index in [9.17, 15) is 19.5 Å². The molecule has 0 amide bonds. The maximum Gasteiger partial charge on any atom is 0.306 e. The van der Waals surface area contributed by atoms with E-state index >= 15 is 0 Å². The number of allylic oxidation sites excluding steroid dienone is 4. The number of hydrogen-bond acceptors (Lipinski definition) is 8. The van der Waals surface area contributed by atoms with Gasteiger partial charge in [0.2, 0.25) is 0 Å². The van der Waals surface area contributed by atoms with Crippen LogP contribution in [0, 0.1) is 0 Å². The highest BCUT2D eigenvalue weighted by Gasteiger charge is 2.22. The van der Waals surface area contributed by atoms with Crippen molar-refractivity contribution < 1.29 is 42.9 Å². The Morgan fingerprint density at radius 3 is 0.898 bits per heavy atom. The molecule has 0 rings (SSSR count). The zero-order valence-electron chi connectivity index (χ0n) is 59.6. The second kappa shape index (κ2) is 70.6. The standard InChI is InChI=1S/C79H151NO8/c1-6-8-10-12-14-16-18-20-22-24-26-28-30-32-34-36-37-38-39-40-42-43-45-47-49-51-53-55-57-59-61-63-65-67-69-76(81)86-73-75(74-87-79(78(83)84)85-72-71-80(3,4)5)88-77(82)70-68-66-64-62-60-58-56-54-52-50-48-46-44-41-35-33-31-29-27-25-23-21-19-17-15-13-11-9-7-2/h19,21,25,27,75,79H,6-18,20,22-24,26,28-74H2,1-5H3/b21-19-,27-25-. The summed E-state index contributed by atoms with van der Waals surface area (Å²) in [4.78, 5) is 37.6. The third-order valence-corrected chi connectivity index (χ3v) is 18.0. The fraction of sp³-hybridized carbons (Fsp3) is 0.911. The van der Waals surface area contributed by atoms with Crippen molar-refractivity contribution in [2.75, 3.05) is 47.5 Å². The summed E-state index contributed by atoms with van der Waals surface area (Å²) in [6.45, 7) is 4.82. The summed E-state index contributed by atoms with van der Waals surface area (Å²) in [6.07, 6.45) is 85.9. The van der Waals surface area contributed by atoms with E-state index < -0.39 is 24.3 Å². The molecular weight excluding hydrogens is 1090 g/mol. The average Bonchev–Trinajstić information content (AvgIpc) is 3.54. The Bertz CT molecular complexity index is 1490. The number of carboxylic acid groups (broad SMARTS) is 1. The number of likely N-dealkylation sites (N-methyl/N-ethyl adjacent to an activating group) is 1. The molecule has 0 radical (unpaired) electrons. The van der Waals surface area contributed by atoms with Gasteiger partial charge in [-0.05, 0) is 44.9 Å². The Kier molecular flexibility index (Phi) is 68.8. The number of carbonyl (C=O) groups is 3. The van der Waals surface area contributed by atoms with E-state index in [2.05, 4.69) is 38.2 Å². The van der Waals surface area contributed by atoms with Crippen LogP contribution in [0.4, 0.5) is 0 Å². The van der Waals surface area contributed by atoms with Crippen LogP contribution < -0.4 is 5.11 Å². The number of carboxylic acids is 1. The van der Waals surface area contributed by atoms with E-state index in [0.29, 0.717) is 17.4 Å². The highest BCUT2D eigenvalue weighted by molar-refractivity contribution is 5.70. The molecule has 9 heteroatoms. The van der Waals surface area contributed by atoms with Gasteiger partial charge in [0.25, 0.3) is 0 Å². The predicted molar refractivity (Wildman–Crippen MR) is 376 cm³/mol. The monoisotopic (exact) mass is 1240 g/mol. The van der Waals surface area contributed by atoms with E-state index in [1.807, 2.05) is 21.1 Å². The maximum atomic E-state index is 13.0. The van der Waals surface area contributed by atoms with E-state index in [1.54, 1.807) is 0 Å². The maximum absolute atomic E-state index is 13.0. The number of ether oxygens (including phenoxy) is 4. The minimum Gasteiger partial charge on any atom is -0.545 e. The first-order chi connectivity index (χ1) is 43.1. The first kappa shape index (κ1) is 85.8. The second-order valence-corrected chi connectivity index (χ2v) is 28.0. The van der Waals surface area contributed by atoms with Crippen molar-refractivity contribution in [3.05, 3.63) is 24.3 Å². The molecule has 0 saturated heterocycles. The van der Waals surface area contributed by atoms with Crippen LogP contribution >= 0.6 is 0 Å². The van der Waals surface area contributed by atoms with Gasteiger partial charge in [0.15, 0.2) is 12.4 Å². The van der Waals surface area contributed by atoms with Gasteiger partial charge >= 0.3 is 11.9 Å². The van der Waals surface area contributed by atoms with Crippen LogP contribution in [0.1, 0.15) is 406 Å². The summed E-state index contributed by atoms with van der Waals surface area (Å²) >= 11 is 0. The van der Waals surface area contributed by atoms with E-state index in [-0.39, 0.29) is 32.2 Å². The highest BCUT2D eigenvalue weighted by atomic mass is 16.7. The van der Waals surface area contributed by atoms with Gasteiger partial charge in [-0.2, -0.15) is 0 Å². The molecule has 9 nitrogen and oxygen atoms in total. The van der Waals surface area contributed by atoms with Gasteiger partial charge < -0.3 is 33.3 Å². The molecule has 0 aliphatic carbocycles. The summed E-state index contributed by atoms with van der Waals surface area (Å²) in [5, 5.41) is 11.8. The molecule has 0 bridgehead atoms. The molecule has 0 heterocycles. The van der Waals surface area contributed by atoms with Crippen LogP contribution in [0.5, 0.6) is 0 Å². The number of hydrogen-bond donors (Lipinski definition) is 0. The van der Waals surface area contributed by atoms with Crippen molar-refractivity contribution in [1.82, 2.24) is 0 Å². The number of carbonyl (C=O) groups excluding carboxylic acids is 3. The fourth-order valence-electron chi connectivity index (χ4n) is 12.0. The molecule has 0 aromatic heterocycles. The number of nitrogens with zero attached hydrogens (tertiary/aromatic N) is 1. The molecule has 0 saturated carbocycles. The van der Waals surface area contributed by atoms with Gasteiger partial charge in [0.1, 0.15) is 13.2 Å². The van der Waals surface area contributed by atoms with Crippen molar-refractivity contribution in [3.63, 3.8) is 0 Å². The molecule has 0 spiro atoms. The van der Waals surface area contributed by atoms with Gasteiger partial charge in [-0.15, -0.1) is 0 Å². The lowest BCUT2D eigenvalue weighted by Gasteiger charge is -2.26. The van der Waals surface area contributed by atoms with Crippen LogP contribution in [-0.4, -0.2) is 82.3 Å². The topological polar surface area (TPSA) is 111 Å². The first-order valence-corrected chi connectivity index (χ1v) is 39.0. The molecule has 2 unspecified atom stereocenters. The van der Waals surface area contributed by atoms with Crippen LogP contribution in [0.2, 0.25) is 0 Å². The summed E-state index contributed by atoms with van der Waals surface area (Å²) in [6, 6.07) is 0. The van der Waals surface area contributed by atoms with Crippen molar-refractivity contribution in [2.45, 2.75) is 418 Å². The molecule has 0 N–H and O–H groups in total. The summed E-state index contributed by atoms with van der Waals surface area (Å²) in [5.74, 6) is -2.25. The van der Waals surface area contributed by atoms with Gasteiger partial charge in [-0.25, -0.2) is 0 Å². The van der Waals surface area contributed by atoms with Crippen LogP contribution in [0.3, 0.4) is 0 Å². The van der Waals surface area contributed by atoms with Crippen LogP contribution in [0.25, 0.3) is 0 Å². The zero-order valence-corrected chi connectivity index (χ0v) is 59.6. The van der Waals surface area contributed by atoms with Gasteiger partial charge in [0, 0.05) is 12.8 Å². The van der Waals surface area contributed by atoms with E-state index in [0.717, 1.165) is 44.9 Å². The number of aliphatic carboxylic acids is 1. The Morgan fingerprint density at radius 1 is 0.341 bits per heavy atom. The number of rotatable bonds is 74. The van der Waals surface area contributed by atoms with Crippen LogP contribution in [0.15, 0.2) is 24.3 Å². The zero-order chi connectivity index (χ0) is 64.0. The normalized spacial score (nSPS) is 12.7. The molecule has 0 aromatic rings. The molecule has 0 aliphatic heterocycles. The smallest absolute Gasteiger partial charge is 0.306 e. The summed E-state index contributed by atoms with van der Waals surface area (Å²) in [7, 11) is 5.95. The van der Waals surface area contributed by atoms with E-state index in [4.69, 9.17) is 18.9 Å². The highest BCUT2D eigenvalue weighted by Crippen LogP contribution is 2.20. The Balaban J connectivity index is 3.98. The van der Waals surface area contributed by atoms with E-state index in [1.165, 1.54) is 334 Å². The van der Waals surface area contributed by atoms with Crippen molar-refractivity contribution in [3.8, 4) is 0 Å². The lowest BCUT2D eigenvalue weighted by Crippen LogP contribution is -2.44. The Hall–Kier alpha value is -2.23. The van der Waals surface area contributed by atoms with Gasteiger partial charge in [-0.1, -0.05) is 372 Å². The number of unbranched alkanes of at least 4 members (excludes halogenated alkanes) is 55. The molecule has 520 valence electrons. The molecule has 2 atom stereocenters. The largest absolute Gasteiger partial charge is 0.545 e. The number of quaternary nitrogens is 1. The van der Waals surface area contributed by atoms with Gasteiger partial charge in [-0.3, -0.25) is 9.59 Å². The first-order valence-electron chi connectivity index (χ1n) is 39.0. The predicted octanol–water partition coefficient (Wildman–Crippen LogP) is 23.2. The third-order valence-electron chi connectivity index (χ3n) is 18.0. The number of esters is 2. The fourth-order valence-corrected chi connectivity index (χ4v) is 12.0. The minimum atomic E-state index is -1.62. The second-order valence-electron chi connectivity index (χ2n) is 28.0. The molecule has 0 aromatic carbocycles. The van der Waals surface area contributed by atoms with Crippen molar-refractivity contribution in [1.29, 1.82) is 0 Å². The minimum absolute atomic E-state index is 0.152. The van der Waals surface area contributed by atoms with Crippen molar-refractivity contribution >= 4 is 17.9 Å². The molecule has 0 aliphatic rings. The quantitative estimate of drug-likeness (QED) is 0.0195. The molecular formula is C79H151NO8. The van der Waals surface area contributed by atoms with Gasteiger partial charge in [0.05, 0.1) is 40.3 Å². The van der Waals surface area contributed by atoms with Crippen molar-refractivity contribution in [2.24, 2.45) is 0 Å². The summed E-state index contributed by atoms with van der Waals surface area (Å²) < 4.78 is 22.9.